The summed E-state index contributed by atoms with van der Waals surface area (Å²) in [7, 11) is 0. The normalized spacial score (nSPS) is 15.6. The molecule has 160 valence electrons. The highest BCUT2D eigenvalue weighted by molar-refractivity contribution is 7.13. The molecule has 3 aromatic carbocycles. The number of amides is 2. The summed E-state index contributed by atoms with van der Waals surface area (Å²) in [6.07, 6.45) is 1.76. The number of hydrogen-bond donors (Lipinski definition) is 2. The Bertz CT molecular complexity index is 1270. The van der Waals surface area contributed by atoms with Crippen LogP contribution in [0.5, 0.6) is 5.75 Å². The Morgan fingerprint density at radius 2 is 1.84 bits per heavy atom. The molecule has 2 heterocycles. The van der Waals surface area contributed by atoms with Crippen LogP contribution in [0.2, 0.25) is 0 Å². The highest BCUT2D eigenvalue weighted by Gasteiger charge is 2.31. The lowest BCUT2D eigenvalue weighted by atomic mass is 9.99. The molecule has 0 saturated carbocycles. The van der Waals surface area contributed by atoms with E-state index >= 15 is 0 Å². The van der Waals surface area contributed by atoms with Crippen molar-refractivity contribution in [3.63, 3.8) is 0 Å². The Hall–Kier alpha value is -3.71. The van der Waals surface area contributed by atoms with Gasteiger partial charge in [0.05, 0.1) is 16.3 Å². The third kappa shape index (κ3) is 3.94. The van der Waals surface area contributed by atoms with Crippen LogP contribution in [0.1, 0.15) is 33.4 Å². The number of rotatable bonds is 6. The van der Waals surface area contributed by atoms with E-state index in [2.05, 4.69) is 15.0 Å². The maximum Gasteiger partial charge on any atom is 0.252 e. The van der Waals surface area contributed by atoms with Gasteiger partial charge in [-0.1, -0.05) is 60.7 Å². The Morgan fingerprint density at radius 3 is 2.72 bits per heavy atom. The zero-order valence-corrected chi connectivity index (χ0v) is 18.0. The maximum atomic E-state index is 13.1. The minimum atomic E-state index is -0.376. The quantitative estimate of drug-likeness (QED) is 0.471. The molecule has 32 heavy (non-hydrogen) atoms. The third-order valence-electron chi connectivity index (χ3n) is 5.63. The van der Waals surface area contributed by atoms with E-state index in [0.29, 0.717) is 12.2 Å². The number of hydrogen-bond acceptors (Lipinski definition) is 5. The van der Waals surface area contributed by atoms with E-state index in [4.69, 9.17) is 4.74 Å². The zero-order chi connectivity index (χ0) is 21.9. The Kier molecular flexibility index (Phi) is 5.56. The van der Waals surface area contributed by atoms with Crippen LogP contribution in [0.4, 0.5) is 0 Å². The van der Waals surface area contributed by atoms with E-state index in [-0.39, 0.29) is 30.3 Å². The number of ether oxygens (including phenoxy) is 1. The summed E-state index contributed by atoms with van der Waals surface area (Å²) in [4.78, 5) is 26.1. The fraction of sp³-hybridized carbons (Fsp3) is 0.160. The molecule has 0 spiro atoms. The predicted molar refractivity (Wildman–Crippen MR) is 124 cm³/mol. The molecule has 1 aromatic heterocycles. The van der Waals surface area contributed by atoms with Crippen molar-refractivity contribution in [1.82, 2.24) is 15.0 Å². The Labute approximate surface area is 189 Å². The summed E-state index contributed by atoms with van der Waals surface area (Å²) in [5.74, 6) is 0.0566. The van der Waals surface area contributed by atoms with Gasteiger partial charge in [-0.05, 0) is 29.2 Å². The van der Waals surface area contributed by atoms with Gasteiger partial charge in [0.15, 0.2) is 0 Å². The van der Waals surface area contributed by atoms with Crippen molar-refractivity contribution >= 4 is 33.4 Å². The van der Waals surface area contributed by atoms with Gasteiger partial charge in [0, 0.05) is 23.7 Å². The monoisotopic (exact) mass is 443 g/mol. The first-order chi connectivity index (χ1) is 15.7. The van der Waals surface area contributed by atoms with Crippen molar-refractivity contribution in [3.05, 3.63) is 95.7 Å². The molecule has 2 amide bonds. The molecule has 6 nitrogen and oxygen atoms in total. The molecule has 0 aliphatic carbocycles. The average Bonchev–Trinajstić information content (AvgIpc) is 3.49. The van der Waals surface area contributed by atoms with E-state index < -0.39 is 0 Å². The summed E-state index contributed by atoms with van der Waals surface area (Å²) in [5.41, 5.74) is 2.39. The standard InChI is InChI=1S/C25H21N3O3S/c29-24(19-11-6-9-17-13-27-32-23(17)19)26-14-21(16-7-2-1-3-8-16)28-25(30)20-15-31-22-12-5-4-10-18(20)22/h1-13,20-21H,14-15H2,(H,26,29)(H,28,30). The molecule has 2 atom stereocenters. The van der Waals surface area contributed by atoms with Crippen LogP contribution >= 0.6 is 11.5 Å². The topological polar surface area (TPSA) is 80.3 Å². The summed E-state index contributed by atoms with van der Waals surface area (Å²) in [6, 6.07) is 22.4. The van der Waals surface area contributed by atoms with E-state index in [0.717, 1.165) is 27.0 Å². The van der Waals surface area contributed by atoms with Crippen LogP contribution in [0.15, 0.2) is 79.0 Å². The van der Waals surface area contributed by atoms with Gasteiger partial charge in [-0.2, -0.15) is 4.37 Å². The fourth-order valence-electron chi connectivity index (χ4n) is 3.95. The summed E-state index contributed by atoms with van der Waals surface area (Å²) < 4.78 is 10.7. The zero-order valence-electron chi connectivity index (χ0n) is 17.2. The van der Waals surface area contributed by atoms with Gasteiger partial charge < -0.3 is 15.4 Å². The molecule has 2 unspecified atom stereocenters. The minimum Gasteiger partial charge on any atom is -0.492 e. The number of carbonyl (C=O) groups excluding carboxylic acids is 2. The lowest BCUT2D eigenvalue weighted by Crippen LogP contribution is -2.40. The lowest BCUT2D eigenvalue weighted by molar-refractivity contribution is -0.123. The Balaban J connectivity index is 1.34. The summed E-state index contributed by atoms with van der Waals surface area (Å²) >= 11 is 1.30. The molecule has 0 bridgehead atoms. The first kappa shape index (κ1) is 20.2. The van der Waals surface area contributed by atoms with Crippen LogP contribution in [0.25, 0.3) is 10.1 Å². The number of nitrogens with one attached hydrogen (secondary N) is 2. The van der Waals surface area contributed by atoms with Gasteiger partial charge >= 0.3 is 0 Å². The van der Waals surface area contributed by atoms with Gasteiger partial charge in [0.1, 0.15) is 18.3 Å². The third-order valence-corrected chi connectivity index (χ3v) is 6.48. The number of benzene rings is 3. The van der Waals surface area contributed by atoms with Gasteiger partial charge in [0.2, 0.25) is 5.91 Å². The van der Waals surface area contributed by atoms with Crippen LogP contribution in [0.3, 0.4) is 0 Å². The number of fused-ring (bicyclic) bond motifs is 2. The van der Waals surface area contributed by atoms with E-state index in [1.165, 1.54) is 11.5 Å². The van der Waals surface area contributed by atoms with E-state index in [1.54, 1.807) is 12.3 Å². The van der Waals surface area contributed by atoms with Crippen molar-refractivity contribution < 1.29 is 14.3 Å². The fourth-order valence-corrected chi connectivity index (χ4v) is 4.71. The maximum absolute atomic E-state index is 13.1. The van der Waals surface area contributed by atoms with Crippen LogP contribution in [0, 0.1) is 0 Å². The lowest BCUT2D eigenvalue weighted by Gasteiger charge is -2.22. The average molecular weight is 444 g/mol. The molecule has 0 fully saturated rings. The molecule has 2 N–H and O–H groups in total. The highest BCUT2D eigenvalue weighted by atomic mass is 32.1. The van der Waals surface area contributed by atoms with Gasteiger partial charge in [0.25, 0.3) is 5.91 Å². The molecule has 1 aliphatic heterocycles. The van der Waals surface area contributed by atoms with Crippen LogP contribution < -0.4 is 15.4 Å². The van der Waals surface area contributed by atoms with Crippen molar-refractivity contribution in [2.45, 2.75) is 12.0 Å². The van der Waals surface area contributed by atoms with E-state index in [9.17, 15) is 9.59 Å². The largest absolute Gasteiger partial charge is 0.492 e. The number of carbonyl (C=O) groups is 2. The van der Waals surface area contributed by atoms with Crippen LogP contribution in [-0.2, 0) is 4.79 Å². The van der Waals surface area contributed by atoms with Gasteiger partial charge in [-0.25, -0.2) is 0 Å². The second-order valence-corrected chi connectivity index (χ2v) is 8.43. The van der Waals surface area contributed by atoms with Crippen molar-refractivity contribution in [2.75, 3.05) is 13.2 Å². The molecule has 5 rings (SSSR count). The molecular formula is C25H21N3O3S. The molecular weight excluding hydrogens is 422 g/mol. The number of para-hydroxylation sites is 1. The smallest absolute Gasteiger partial charge is 0.252 e. The van der Waals surface area contributed by atoms with Gasteiger partial charge in [-0.3, -0.25) is 9.59 Å². The van der Waals surface area contributed by atoms with Crippen LogP contribution in [-0.4, -0.2) is 29.3 Å². The minimum absolute atomic E-state index is 0.123. The molecule has 4 aromatic rings. The summed E-state index contributed by atoms with van der Waals surface area (Å²) in [6.45, 7) is 0.575. The van der Waals surface area contributed by atoms with E-state index in [1.807, 2.05) is 66.7 Å². The number of aromatic nitrogens is 1. The van der Waals surface area contributed by atoms with Crippen molar-refractivity contribution in [1.29, 1.82) is 0 Å². The molecule has 1 aliphatic rings. The summed E-state index contributed by atoms with van der Waals surface area (Å²) in [5, 5.41) is 7.04. The SMILES string of the molecule is O=C(NCC(NC(=O)C1COc2ccccc21)c1ccccc1)c1cccc2cnsc12. The second-order valence-electron chi connectivity index (χ2n) is 7.63. The van der Waals surface area contributed by atoms with Crippen molar-refractivity contribution in [3.8, 4) is 5.75 Å². The second kappa shape index (κ2) is 8.80. The van der Waals surface area contributed by atoms with Crippen molar-refractivity contribution in [2.24, 2.45) is 0 Å². The highest BCUT2D eigenvalue weighted by Crippen LogP contribution is 2.34. The first-order valence-electron chi connectivity index (χ1n) is 10.4. The molecule has 0 saturated heterocycles. The molecule has 0 radical (unpaired) electrons. The Morgan fingerprint density at radius 1 is 1.03 bits per heavy atom. The van der Waals surface area contributed by atoms with Gasteiger partial charge in [-0.15, -0.1) is 0 Å². The predicted octanol–water partition coefficient (Wildman–Crippen LogP) is 4.06. The number of nitrogens with zero attached hydrogens (tertiary/aromatic N) is 1. The first-order valence-corrected chi connectivity index (χ1v) is 11.2. The molecule has 7 heteroatoms.